The first-order valence-electron chi connectivity index (χ1n) is 20.1. The van der Waals surface area contributed by atoms with Gasteiger partial charge in [-0.3, -0.25) is 19.9 Å². The van der Waals surface area contributed by atoms with Gasteiger partial charge in [0.2, 0.25) is 6.79 Å². The molecule has 3 aromatic carbocycles. The van der Waals surface area contributed by atoms with Crippen LogP contribution in [0.25, 0.3) is 11.0 Å². The minimum Gasteiger partial charge on any atom is -0.504 e. The molecule has 13 nitrogen and oxygen atoms in total. The minimum atomic E-state index is -1.26. The van der Waals surface area contributed by atoms with Crippen LogP contribution in [0.15, 0.2) is 28.7 Å². The number of ether oxygens (including phenoxy) is 6. The first-order chi connectivity index (χ1) is 27.8. The number of hydrogen-bond acceptors (Lipinski definition) is 14. The summed E-state index contributed by atoms with van der Waals surface area (Å²) < 4.78 is 42.8. The summed E-state index contributed by atoms with van der Waals surface area (Å²) in [4.78, 5) is 32.6. The number of fused-ring (bicyclic) bond motifs is 11. The standard InChI is InChI=1S/C44H49N3O10S/c1-20-13-28-33(36(49)37(20)52-8)23(4)47-29(15-43(28,47)6)22(3)46-16-32-35-34(40-39(54-19-55-40)21(2)38(35)56-24(5)48)30(46)17-53-42(50)44(18-58-32)41-26(11-12-45-44)27-14-25(51-7)9-10-31(27)57-41/h9-10,13-14,22-23,29-30,32,45,49H,11-12,15-19H2,1-8H3/t22-,23-,29-,30-,32-,43+,44+/m0/s1. The molecule has 2 bridgehead atoms. The van der Waals surface area contributed by atoms with Crippen molar-refractivity contribution < 1.29 is 47.5 Å². The first-order valence-corrected chi connectivity index (χ1v) is 21.1. The summed E-state index contributed by atoms with van der Waals surface area (Å²) in [6.45, 7) is 13.1. The van der Waals surface area contributed by atoms with E-state index in [1.54, 1.807) is 26.0 Å². The van der Waals surface area contributed by atoms with Crippen LogP contribution in [0.3, 0.4) is 0 Å². The molecule has 8 heterocycles. The van der Waals surface area contributed by atoms with E-state index in [2.05, 4.69) is 42.0 Å². The monoisotopic (exact) mass is 811 g/mol. The second kappa shape index (κ2) is 13.2. The van der Waals surface area contributed by atoms with Crippen LogP contribution in [0.2, 0.25) is 0 Å². The number of nitrogens with one attached hydrogen (secondary N) is 1. The van der Waals surface area contributed by atoms with E-state index in [9.17, 15) is 14.7 Å². The predicted octanol–water partition coefficient (Wildman–Crippen LogP) is 6.61. The van der Waals surface area contributed by atoms with Crippen molar-refractivity contribution in [3.8, 4) is 34.5 Å². The Hall–Kier alpha value is -4.63. The predicted molar refractivity (Wildman–Crippen MR) is 215 cm³/mol. The number of esters is 2. The molecule has 0 radical (unpaired) electrons. The first kappa shape index (κ1) is 37.6. The maximum atomic E-state index is 14.8. The average molecular weight is 812 g/mol. The number of benzene rings is 3. The van der Waals surface area contributed by atoms with Crippen molar-refractivity contribution in [3.63, 3.8) is 0 Å². The van der Waals surface area contributed by atoms with Crippen LogP contribution in [0, 0.1) is 13.8 Å². The molecule has 2 fully saturated rings. The van der Waals surface area contributed by atoms with Gasteiger partial charge in [0.25, 0.3) is 0 Å². The summed E-state index contributed by atoms with van der Waals surface area (Å²) in [7, 11) is 3.23. The van der Waals surface area contributed by atoms with Gasteiger partial charge in [0, 0.05) is 87.9 Å². The van der Waals surface area contributed by atoms with Crippen molar-refractivity contribution in [2.75, 3.05) is 46.5 Å². The molecule has 58 heavy (non-hydrogen) atoms. The summed E-state index contributed by atoms with van der Waals surface area (Å²) in [5.41, 5.74) is 5.45. The Kier molecular flexibility index (Phi) is 8.56. The SMILES string of the molecule is COc1ccc2oc3c(c2c1)CCN[C@]31CS[C@H]2CN([C@@H](C)[C@@H]3C[C@]4(C)c5cc(C)c(OC)c(O)c5[C@H](C)N34)[C@@H](COC1=O)c1c3c(c(C)c(OC(C)=O)c12)OCO3. The van der Waals surface area contributed by atoms with Gasteiger partial charge in [-0.1, -0.05) is 0 Å². The lowest BCUT2D eigenvalue weighted by atomic mass is 9.73. The quantitative estimate of drug-likeness (QED) is 0.165. The third-order valence-electron chi connectivity index (χ3n) is 13.9. The second-order valence-corrected chi connectivity index (χ2v) is 18.0. The zero-order chi connectivity index (χ0) is 40.6. The molecule has 4 aromatic rings. The minimum absolute atomic E-state index is 0.00962. The van der Waals surface area contributed by atoms with Gasteiger partial charge < -0.3 is 37.9 Å². The van der Waals surface area contributed by atoms with E-state index in [1.165, 1.54) is 6.92 Å². The highest BCUT2D eigenvalue weighted by molar-refractivity contribution is 7.99. The Morgan fingerprint density at radius 2 is 1.86 bits per heavy atom. The number of phenols is 1. The van der Waals surface area contributed by atoms with E-state index in [4.69, 9.17) is 32.8 Å². The van der Waals surface area contributed by atoms with Gasteiger partial charge in [0.05, 0.1) is 20.3 Å². The van der Waals surface area contributed by atoms with Crippen LogP contribution >= 0.6 is 11.8 Å². The normalized spacial score (nSPS) is 28.9. The molecular formula is C44H49N3O10S. The Balaban J connectivity index is 1.08. The smallest absolute Gasteiger partial charge is 0.335 e. The fraction of sp³-hybridized carbons (Fsp3) is 0.500. The Labute approximate surface area is 341 Å². The van der Waals surface area contributed by atoms with Gasteiger partial charge in [-0.25, -0.2) is 4.79 Å². The van der Waals surface area contributed by atoms with Gasteiger partial charge in [-0.05, 0) is 82.9 Å². The molecule has 0 saturated carbocycles. The Morgan fingerprint density at radius 3 is 2.62 bits per heavy atom. The number of hydrogen-bond donors (Lipinski definition) is 2. The summed E-state index contributed by atoms with van der Waals surface area (Å²) in [6.07, 6.45) is 1.54. The summed E-state index contributed by atoms with van der Waals surface area (Å²) in [5, 5.41) is 15.7. The number of thioether (sulfide) groups is 1. The summed E-state index contributed by atoms with van der Waals surface area (Å²) in [5.74, 6) is 3.05. The van der Waals surface area contributed by atoms with Crippen molar-refractivity contribution in [1.82, 2.24) is 15.1 Å². The topological polar surface area (TPSA) is 141 Å². The van der Waals surface area contributed by atoms with Crippen molar-refractivity contribution in [2.24, 2.45) is 0 Å². The van der Waals surface area contributed by atoms with Crippen LogP contribution in [-0.2, 0) is 31.8 Å². The lowest BCUT2D eigenvalue weighted by Crippen LogP contribution is -2.66. The number of nitrogens with zero attached hydrogens (tertiary/aromatic N) is 2. The third-order valence-corrected chi connectivity index (χ3v) is 15.3. The number of methoxy groups -OCH3 is 2. The molecule has 7 atom stereocenters. The number of phenolic OH excluding ortho intramolecular Hbond substituents is 1. The molecule has 1 spiro atoms. The molecule has 0 aliphatic carbocycles. The number of aromatic hydroxyl groups is 1. The van der Waals surface area contributed by atoms with Gasteiger partial charge >= 0.3 is 11.9 Å². The van der Waals surface area contributed by atoms with Crippen LogP contribution in [0.4, 0.5) is 0 Å². The number of aryl methyl sites for hydroxylation is 1. The maximum absolute atomic E-state index is 14.8. The van der Waals surface area contributed by atoms with E-state index >= 15 is 0 Å². The summed E-state index contributed by atoms with van der Waals surface area (Å²) >= 11 is 1.62. The average Bonchev–Trinajstić information content (AvgIpc) is 3.88. The fourth-order valence-electron chi connectivity index (χ4n) is 11.3. The lowest BCUT2D eigenvalue weighted by molar-refractivity contribution is -0.157. The molecule has 0 unspecified atom stereocenters. The lowest BCUT2D eigenvalue weighted by Gasteiger charge is -2.60. The highest BCUT2D eigenvalue weighted by Gasteiger charge is 2.61. The molecule has 14 heteroatoms. The van der Waals surface area contributed by atoms with E-state index in [0.717, 1.165) is 45.2 Å². The molecule has 11 rings (SSSR count). The highest BCUT2D eigenvalue weighted by Crippen LogP contribution is 2.63. The van der Waals surface area contributed by atoms with Crippen molar-refractivity contribution in [3.05, 3.63) is 69.0 Å². The summed E-state index contributed by atoms with van der Waals surface area (Å²) in [6, 6.07) is 7.40. The molecular weight excluding hydrogens is 763 g/mol. The number of furan rings is 1. The van der Waals surface area contributed by atoms with Gasteiger partial charge in [0.1, 0.15) is 29.4 Å². The van der Waals surface area contributed by atoms with Crippen LogP contribution < -0.4 is 29.0 Å². The van der Waals surface area contributed by atoms with Gasteiger partial charge in [-0.2, -0.15) is 0 Å². The van der Waals surface area contributed by atoms with Crippen LogP contribution in [0.5, 0.6) is 34.5 Å². The number of rotatable bonds is 5. The zero-order valence-corrected chi connectivity index (χ0v) is 34.9. The van der Waals surface area contributed by atoms with E-state index in [1.807, 2.05) is 32.0 Å². The highest BCUT2D eigenvalue weighted by atomic mass is 32.2. The molecule has 1 aromatic heterocycles. The molecule has 2 saturated heterocycles. The van der Waals surface area contributed by atoms with Crippen molar-refractivity contribution >= 4 is 34.7 Å². The van der Waals surface area contributed by atoms with Gasteiger partial charge in [-0.15, -0.1) is 11.8 Å². The Bertz CT molecular complexity index is 2430. The van der Waals surface area contributed by atoms with Crippen molar-refractivity contribution in [2.45, 2.75) is 94.9 Å². The Morgan fingerprint density at radius 1 is 1.07 bits per heavy atom. The molecule has 2 N–H and O–H groups in total. The molecule has 7 aliphatic rings. The van der Waals surface area contributed by atoms with Crippen LogP contribution in [0.1, 0.15) is 96.2 Å². The molecule has 306 valence electrons. The largest absolute Gasteiger partial charge is 0.504 e. The van der Waals surface area contributed by atoms with Gasteiger partial charge in [0.15, 0.2) is 28.5 Å². The van der Waals surface area contributed by atoms with E-state index in [-0.39, 0.29) is 48.1 Å². The number of carbonyl (C=O) groups excluding carboxylic acids is 2. The van der Waals surface area contributed by atoms with E-state index < -0.39 is 23.5 Å². The van der Waals surface area contributed by atoms with E-state index in [0.29, 0.717) is 70.9 Å². The van der Waals surface area contributed by atoms with Crippen molar-refractivity contribution in [1.29, 1.82) is 0 Å². The van der Waals surface area contributed by atoms with Crippen LogP contribution in [-0.4, -0.2) is 85.4 Å². The molecule has 7 aliphatic heterocycles. The molecule has 0 amide bonds. The second-order valence-electron chi connectivity index (χ2n) is 16.8. The fourth-order valence-corrected chi connectivity index (χ4v) is 12.7. The maximum Gasteiger partial charge on any atom is 0.335 e. The number of carbonyl (C=O) groups is 2. The third kappa shape index (κ3) is 5.01. The zero-order valence-electron chi connectivity index (χ0n) is 34.1.